The van der Waals surface area contributed by atoms with E-state index in [1.807, 2.05) is 17.5 Å². The van der Waals surface area contributed by atoms with Gasteiger partial charge in [0, 0.05) is 0 Å². The fourth-order valence-electron chi connectivity index (χ4n) is 2.62. The van der Waals surface area contributed by atoms with E-state index in [9.17, 15) is 12.8 Å². The molecule has 0 aliphatic heterocycles. The zero-order valence-corrected chi connectivity index (χ0v) is 17.1. The summed E-state index contributed by atoms with van der Waals surface area (Å²) in [6.45, 7) is 0. The van der Waals surface area contributed by atoms with Crippen LogP contribution in [0.15, 0.2) is 69.4 Å². The Kier molecular flexibility index (Phi) is 5.35. The normalized spacial score (nSPS) is 11.5. The summed E-state index contributed by atoms with van der Waals surface area (Å²) in [5, 5.41) is 5.60. The number of nitrogens with one attached hydrogen (secondary N) is 1. The number of hydrogen-bond donors (Lipinski definition) is 1. The van der Waals surface area contributed by atoms with Crippen LogP contribution in [-0.2, 0) is 16.4 Å². The molecular formula is C19H13ClFN3O3S2. The molecule has 0 aliphatic rings. The largest absolute Gasteiger partial charge is 0.339 e. The molecule has 0 fully saturated rings. The van der Waals surface area contributed by atoms with Crippen LogP contribution in [0.3, 0.4) is 0 Å². The van der Waals surface area contributed by atoms with Gasteiger partial charge in [0.2, 0.25) is 11.7 Å². The fraction of sp³-hybridized carbons (Fsp3) is 0.0526. The molecular weight excluding hydrogens is 437 g/mol. The molecule has 10 heteroatoms. The number of hydrogen-bond acceptors (Lipinski definition) is 6. The Bertz CT molecular complexity index is 1260. The summed E-state index contributed by atoms with van der Waals surface area (Å²) in [4.78, 5) is 5.10. The third-order valence-corrected chi connectivity index (χ3v) is 6.53. The number of anilines is 1. The van der Waals surface area contributed by atoms with Crippen molar-refractivity contribution in [1.29, 1.82) is 0 Å². The number of nitrogens with zero attached hydrogens (tertiary/aromatic N) is 2. The lowest BCUT2D eigenvalue weighted by molar-refractivity contribution is 0.386. The first-order chi connectivity index (χ1) is 13.9. The number of halogens is 2. The SMILES string of the molecule is O=S(=O)(Nc1ccccc1Cc1nc(-c2cccs2)no1)c1ccc(F)c(Cl)c1. The lowest BCUT2D eigenvalue weighted by Gasteiger charge is -2.12. The van der Waals surface area contributed by atoms with Crippen LogP contribution in [-0.4, -0.2) is 18.6 Å². The molecule has 148 valence electrons. The standard InChI is InChI=1S/C19H13ClFN3O3S2/c20-14-11-13(7-8-15(14)21)29(25,26)24-16-5-2-1-4-12(16)10-18-22-19(23-27-18)17-6-3-9-28-17/h1-9,11,24H,10H2. The van der Waals surface area contributed by atoms with Gasteiger partial charge < -0.3 is 4.52 Å². The van der Waals surface area contributed by atoms with Crippen molar-refractivity contribution < 1.29 is 17.3 Å². The monoisotopic (exact) mass is 449 g/mol. The maximum Gasteiger partial charge on any atom is 0.261 e. The highest BCUT2D eigenvalue weighted by atomic mass is 35.5. The average Bonchev–Trinajstić information content (AvgIpc) is 3.37. The second kappa shape index (κ2) is 7.94. The van der Waals surface area contributed by atoms with Gasteiger partial charge in [-0.3, -0.25) is 4.72 Å². The van der Waals surface area contributed by atoms with E-state index in [1.165, 1.54) is 11.3 Å². The summed E-state index contributed by atoms with van der Waals surface area (Å²) in [6.07, 6.45) is 0.237. The van der Waals surface area contributed by atoms with E-state index in [2.05, 4.69) is 14.9 Å². The maximum atomic E-state index is 13.4. The predicted octanol–water partition coefficient (Wildman–Crippen LogP) is 4.98. The van der Waals surface area contributed by atoms with Gasteiger partial charge in [0.1, 0.15) is 5.82 Å². The van der Waals surface area contributed by atoms with E-state index >= 15 is 0 Å². The molecule has 6 nitrogen and oxygen atoms in total. The molecule has 29 heavy (non-hydrogen) atoms. The smallest absolute Gasteiger partial charge is 0.261 e. The van der Waals surface area contributed by atoms with Crippen molar-refractivity contribution in [3.8, 4) is 10.7 Å². The van der Waals surface area contributed by atoms with Gasteiger partial charge in [0.05, 0.1) is 26.9 Å². The Morgan fingerprint density at radius 1 is 1.14 bits per heavy atom. The van der Waals surface area contributed by atoms with Crippen LogP contribution < -0.4 is 4.72 Å². The molecule has 0 atom stereocenters. The molecule has 2 heterocycles. The van der Waals surface area contributed by atoms with Crippen molar-refractivity contribution in [1.82, 2.24) is 10.1 Å². The summed E-state index contributed by atoms with van der Waals surface area (Å²) in [5.41, 5.74) is 0.995. The molecule has 0 bridgehead atoms. The van der Waals surface area contributed by atoms with E-state index in [0.717, 1.165) is 23.1 Å². The van der Waals surface area contributed by atoms with E-state index in [-0.39, 0.29) is 16.3 Å². The number of thiophene rings is 1. The van der Waals surface area contributed by atoms with E-state index < -0.39 is 15.8 Å². The summed E-state index contributed by atoms with van der Waals surface area (Å²) < 4.78 is 46.5. The zero-order chi connectivity index (χ0) is 20.4. The Hall–Kier alpha value is -2.75. The van der Waals surface area contributed by atoms with Crippen LogP contribution in [0, 0.1) is 5.82 Å². The predicted molar refractivity (Wildman–Crippen MR) is 109 cm³/mol. The molecule has 2 aromatic heterocycles. The van der Waals surface area contributed by atoms with Crippen LogP contribution in [0.2, 0.25) is 5.02 Å². The highest BCUT2D eigenvalue weighted by molar-refractivity contribution is 7.92. The van der Waals surface area contributed by atoms with Crippen LogP contribution >= 0.6 is 22.9 Å². The average molecular weight is 450 g/mol. The van der Waals surface area contributed by atoms with Crippen LogP contribution in [0.25, 0.3) is 10.7 Å². The minimum absolute atomic E-state index is 0.142. The van der Waals surface area contributed by atoms with Gasteiger partial charge in [0.25, 0.3) is 10.0 Å². The molecule has 0 aliphatic carbocycles. The molecule has 0 radical (unpaired) electrons. The number of rotatable bonds is 6. The van der Waals surface area contributed by atoms with E-state index in [1.54, 1.807) is 24.3 Å². The Labute approximate surface area is 175 Å². The van der Waals surface area contributed by atoms with Crippen molar-refractivity contribution in [2.75, 3.05) is 4.72 Å². The second-order valence-corrected chi connectivity index (χ2v) is 9.04. The minimum atomic E-state index is -3.96. The van der Waals surface area contributed by atoms with Crippen molar-refractivity contribution >= 4 is 38.6 Å². The van der Waals surface area contributed by atoms with Crippen molar-refractivity contribution in [2.24, 2.45) is 0 Å². The third-order valence-electron chi connectivity index (χ3n) is 4.01. The van der Waals surface area contributed by atoms with Crippen LogP contribution in [0.4, 0.5) is 10.1 Å². The topological polar surface area (TPSA) is 85.1 Å². The van der Waals surface area contributed by atoms with Crippen molar-refractivity contribution in [2.45, 2.75) is 11.3 Å². The Balaban J connectivity index is 1.59. The lowest BCUT2D eigenvalue weighted by atomic mass is 10.1. The summed E-state index contributed by atoms with van der Waals surface area (Å²) >= 11 is 7.20. The minimum Gasteiger partial charge on any atom is -0.339 e. The van der Waals surface area contributed by atoms with Gasteiger partial charge in [-0.1, -0.05) is 41.0 Å². The molecule has 0 spiro atoms. The lowest BCUT2D eigenvalue weighted by Crippen LogP contribution is -2.14. The zero-order valence-electron chi connectivity index (χ0n) is 14.7. The second-order valence-electron chi connectivity index (χ2n) is 6.00. The van der Waals surface area contributed by atoms with Crippen molar-refractivity contribution in [3.63, 3.8) is 0 Å². The van der Waals surface area contributed by atoms with Gasteiger partial charge in [-0.25, -0.2) is 12.8 Å². The first-order valence-electron chi connectivity index (χ1n) is 8.34. The molecule has 0 unspecified atom stereocenters. The highest BCUT2D eigenvalue weighted by Crippen LogP contribution is 2.26. The number of aromatic nitrogens is 2. The van der Waals surface area contributed by atoms with E-state index in [0.29, 0.717) is 23.0 Å². The molecule has 2 aromatic carbocycles. The quantitative estimate of drug-likeness (QED) is 0.448. The van der Waals surface area contributed by atoms with E-state index in [4.69, 9.17) is 16.1 Å². The fourth-order valence-corrected chi connectivity index (χ4v) is 4.64. The molecule has 0 saturated heterocycles. The number of para-hydroxylation sites is 1. The maximum absolute atomic E-state index is 13.4. The van der Waals surface area contributed by atoms with Crippen molar-refractivity contribution in [3.05, 3.63) is 82.3 Å². The van der Waals surface area contributed by atoms with Gasteiger partial charge in [0.15, 0.2) is 0 Å². The first kappa shape index (κ1) is 19.6. The molecule has 1 N–H and O–H groups in total. The molecule has 0 saturated carbocycles. The van der Waals surface area contributed by atoms with Gasteiger partial charge in [-0.15, -0.1) is 11.3 Å². The van der Waals surface area contributed by atoms with Crippen LogP contribution in [0.1, 0.15) is 11.5 Å². The first-order valence-corrected chi connectivity index (χ1v) is 11.1. The summed E-state index contributed by atoms with van der Waals surface area (Å²) in [7, 11) is -3.96. The number of sulfonamides is 1. The van der Waals surface area contributed by atoms with Crippen LogP contribution in [0.5, 0.6) is 0 Å². The summed E-state index contributed by atoms with van der Waals surface area (Å²) in [6, 6.07) is 13.8. The van der Waals surface area contributed by atoms with Gasteiger partial charge >= 0.3 is 0 Å². The summed E-state index contributed by atoms with van der Waals surface area (Å²) in [5.74, 6) is 0.142. The molecule has 4 aromatic rings. The Morgan fingerprint density at radius 2 is 1.97 bits per heavy atom. The highest BCUT2D eigenvalue weighted by Gasteiger charge is 2.19. The number of benzene rings is 2. The molecule has 4 rings (SSSR count). The van der Waals surface area contributed by atoms with Gasteiger partial charge in [-0.05, 0) is 41.3 Å². The van der Waals surface area contributed by atoms with Gasteiger partial charge in [-0.2, -0.15) is 4.98 Å². The molecule has 0 amide bonds. The third kappa shape index (κ3) is 4.31. The Morgan fingerprint density at radius 3 is 2.72 bits per heavy atom.